The number of rotatable bonds is 5. The van der Waals surface area contributed by atoms with Crippen molar-refractivity contribution >= 4 is 15.9 Å². The molecule has 0 unspecified atom stereocenters. The van der Waals surface area contributed by atoms with Crippen molar-refractivity contribution in [1.29, 1.82) is 0 Å². The van der Waals surface area contributed by atoms with Crippen LogP contribution in [-0.4, -0.2) is 24.0 Å². The molecule has 1 aromatic rings. The quantitative estimate of drug-likeness (QED) is 0.899. The fourth-order valence-corrected chi connectivity index (χ4v) is 2.26. The minimum Gasteiger partial charge on any atom is -0.325 e. The van der Waals surface area contributed by atoms with Gasteiger partial charge in [-0.25, -0.2) is 0 Å². The molecule has 0 atom stereocenters. The molecule has 1 aromatic carbocycles. The summed E-state index contributed by atoms with van der Waals surface area (Å²) in [5.41, 5.74) is 7.45. The van der Waals surface area contributed by atoms with E-state index in [1.54, 1.807) is 0 Å². The molecule has 0 aliphatic heterocycles. The van der Waals surface area contributed by atoms with Gasteiger partial charge >= 0.3 is 0 Å². The van der Waals surface area contributed by atoms with E-state index in [0.717, 1.165) is 13.1 Å². The van der Waals surface area contributed by atoms with Crippen molar-refractivity contribution in [3.05, 3.63) is 34.3 Å². The second-order valence-corrected chi connectivity index (χ2v) is 7.22. The third-order valence-electron chi connectivity index (χ3n) is 3.81. The first-order valence-electron chi connectivity index (χ1n) is 6.34. The zero-order valence-electron chi connectivity index (χ0n) is 12.1. The van der Waals surface area contributed by atoms with Crippen molar-refractivity contribution in [2.45, 2.75) is 39.8 Å². The molecule has 0 saturated carbocycles. The van der Waals surface area contributed by atoms with Crippen molar-refractivity contribution in [2.24, 2.45) is 11.1 Å². The van der Waals surface area contributed by atoms with Gasteiger partial charge in [0.15, 0.2) is 0 Å². The SMILES string of the molecule is CN(Cc1ccccc1Br)CC(C)(C)C(C)(C)N. The second-order valence-electron chi connectivity index (χ2n) is 6.37. The van der Waals surface area contributed by atoms with Crippen molar-refractivity contribution in [1.82, 2.24) is 4.90 Å². The van der Waals surface area contributed by atoms with E-state index < -0.39 is 0 Å². The molecule has 0 saturated heterocycles. The van der Waals surface area contributed by atoms with E-state index in [4.69, 9.17) is 5.73 Å². The lowest BCUT2D eigenvalue weighted by atomic mass is 9.75. The van der Waals surface area contributed by atoms with Crippen molar-refractivity contribution in [3.63, 3.8) is 0 Å². The first kappa shape index (κ1) is 15.7. The molecule has 102 valence electrons. The molecule has 0 aromatic heterocycles. The van der Waals surface area contributed by atoms with Crippen LogP contribution < -0.4 is 5.73 Å². The molecule has 3 heteroatoms. The maximum Gasteiger partial charge on any atom is 0.0242 e. The molecule has 0 heterocycles. The van der Waals surface area contributed by atoms with Gasteiger partial charge in [-0.05, 0) is 37.9 Å². The van der Waals surface area contributed by atoms with E-state index >= 15 is 0 Å². The fraction of sp³-hybridized carbons (Fsp3) is 0.600. The van der Waals surface area contributed by atoms with Crippen LogP contribution in [0.15, 0.2) is 28.7 Å². The Morgan fingerprint density at radius 2 is 1.72 bits per heavy atom. The molecular weight excluding hydrogens is 288 g/mol. The summed E-state index contributed by atoms with van der Waals surface area (Å²) in [6.07, 6.45) is 0. The van der Waals surface area contributed by atoms with Crippen LogP contribution in [0.2, 0.25) is 0 Å². The lowest BCUT2D eigenvalue weighted by Gasteiger charge is -2.41. The Labute approximate surface area is 120 Å². The summed E-state index contributed by atoms with van der Waals surface area (Å²) in [6, 6.07) is 8.36. The van der Waals surface area contributed by atoms with Crippen LogP contribution in [0.25, 0.3) is 0 Å². The highest BCUT2D eigenvalue weighted by Gasteiger charge is 2.34. The summed E-state index contributed by atoms with van der Waals surface area (Å²) in [5.74, 6) is 0. The van der Waals surface area contributed by atoms with E-state index in [1.165, 1.54) is 10.0 Å². The van der Waals surface area contributed by atoms with Crippen LogP contribution in [-0.2, 0) is 6.54 Å². The molecule has 0 radical (unpaired) electrons. The van der Waals surface area contributed by atoms with Crippen molar-refractivity contribution < 1.29 is 0 Å². The van der Waals surface area contributed by atoms with E-state index in [0.29, 0.717) is 0 Å². The van der Waals surface area contributed by atoms with Crippen molar-refractivity contribution in [3.8, 4) is 0 Å². The van der Waals surface area contributed by atoms with E-state index in [-0.39, 0.29) is 11.0 Å². The normalized spacial score (nSPS) is 13.1. The number of hydrogen-bond donors (Lipinski definition) is 1. The topological polar surface area (TPSA) is 29.3 Å². The molecule has 2 N–H and O–H groups in total. The van der Waals surface area contributed by atoms with Gasteiger partial charge in [-0.2, -0.15) is 0 Å². The number of halogens is 1. The van der Waals surface area contributed by atoms with Crippen LogP contribution in [0.4, 0.5) is 0 Å². The lowest BCUT2D eigenvalue weighted by molar-refractivity contribution is 0.126. The summed E-state index contributed by atoms with van der Waals surface area (Å²) in [5, 5.41) is 0. The third kappa shape index (κ3) is 4.08. The van der Waals surface area contributed by atoms with Gasteiger partial charge in [0, 0.05) is 23.1 Å². The molecule has 0 aliphatic rings. The third-order valence-corrected chi connectivity index (χ3v) is 4.58. The molecule has 0 fully saturated rings. The average molecular weight is 313 g/mol. The van der Waals surface area contributed by atoms with E-state index in [2.05, 4.69) is 73.8 Å². The number of nitrogens with two attached hydrogens (primary N) is 1. The number of nitrogens with zero attached hydrogens (tertiary/aromatic N) is 1. The summed E-state index contributed by atoms with van der Waals surface area (Å²) < 4.78 is 1.17. The Morgan fingerprint density at radius 3 is 2.22 bits per heavy atom. The molecule has 2 nitrogen and oxygen atoms in total. The largest absolute Gasteiger partial charge is 0.325 e. The van der Waals surface area contributed by atoms with E-state index in [9.17, 15) is 0 Å². The van der Waals surface area contributed by atoms with Gasteiger partial charge in [0.1, 0.15) is 0 Å². The van der Waals surface area contributed by atoms with Gasteiger partial charge in [-0.15, -0.1) is 0 Å². The highest BCUT2D eigenvalue weighted by Crippen LogP contribution is 2.29. The molecule has 0 aliphatic carbocycles. The van der Waals surface area contributed by atoms with Crippen molar-refractivity contribution in [2.75, 3.05) is 13.6 Å². The minimum atomic E-state index is -0.185. The molecular formula is C15H25BrN2. The summed E-state index contributed by atoms with van der Waals surface area (Å²) in [6.45, 7) is 10.5. The Bertz CT molecular complexity index is 394. The van der Waals surface area contributed by atoms with Crippen LogP contribution in [0.5, 0.6) is 0 Å². The first-order valence-corrected chi connectivity index (χ1v) is 7.13. The molecule has 0 bridgehead atoms. The number of hydrogen-bond acceptors (Lipinski definition) is 2. The highest BCUT2D eigenvalue weighted by atomic mass is 79.9. The van der Waals surface area contributed by atoms with Gasteiger partial charge in [-0.1, -0.05) is 48.0 Å². The number of benzene rings is 1. The first-order chi connectivity index (χ1) is 8.13. The van der Waals surface area contributed by atoms with Gasteiger partial charge in [0.25, 0.3) is 0 Å². The van der Waals surface area contributed by atoms with Gasteiger partial charge in [0.05, 0.1) is 0 Å². The fourth-order valence-electron chi connectivity index (χ4n) is 1.85. The monoisotopic (exact) mass is 312 g/mol. The molecule has 1 rings (SSSR count). The zero-order chi connectivity index (χ0) is 14.0. The average Bonchev–Trinajstić information content (AvgIpc) is 2.19. The minimum absolute atomic E-state index is 0.0724. The summed E-state index contributed by atoms with van der Waals surface area (Å²) in [4.78, 5) is 2.33. The maximum absolute atomic E-state index is 6.25. The molecule has 18 heavy (non-hydrogen) atoms. The summed E-state index contributed by atoms with van der Waals surface area (Å²) >= 11 is 3.59. The smallest absolute Gasteiger partial charge is 0.0242 e. The predicted molar refractivity (Wildman–Crippen MR) is 82.5 cm³/mol. The molecule has 0 amide bonds. The standard InChI is InChI=1S/C15H25BrN2/c1-14(2,15(3,4)17)11-18(5)10-12-8-6-7-9-13(12)16/h6-9H,10-11,17H2,1-5H3. The lowest BCUT2D eigenvalue weighted by Crippen LogP contribution is -2.52. The highest BCUT2D eigenvalue weighted by molar-refractivity contribution is 9.10. The van der Waals surface area contributed by atoms with E-state index in [1.807, 2.05) is 6.07 Å². The Morgan fingerprint density at radius 1 is 1.17 bits per heavy atom. The Balaban J connectivity index is 2.68. The van der Waals surface area contributed by atoms with Gasteiger partial charge < -0.3 is 10.6 Å². The van der Waals surface area contributed by atoms with Gasteiger partial charge in [-0.3, -0.25) is 0 Å². The zero-order valence-corrected chi connectivity index (χ0v) is 13.7. The second kappa shape index (κ2) is 5.72. The predicted octanol–water partition coefficient (Wildman–Crippen LogP) is 3.64. The Kier molecular flexibility index (Phi) is 4.98. The molecule has 0 spiro atoms. The summed E-state index contributed by atoms with van der Waals surface area (Å²) in [7, 11) is 2.15. The maximum atomic E-state index is 6.25. The van der Waals surface area contributed by atoms with Crippen LogP contribution in [0.3, 0.4) is 0 Å². The van der Waals surface area contributed by atoms with Crippen LogP contribution >= 0.6 is 15.9 Å². The van der Waals surface area contributed by atoms with Crippen LogP contribution in [0.1, 0.15) is 33.3 Å². The van der Waals surface area contributed by atoms with Gasteiger partial charge in [0.2, 0.25) is 0 Å². The van der Waals surface area contributed by atoms with Crippen LogP contribution in [0, 0.1) is 5.41 Å². The Hall–Kier alpha value is -0.380.